The predicted molar refractivity (Wildman–Crippen MR) is 88.4 cm³/mol. The Kier molecular flexibility index (Phi) is 3.19. The van der Waals surface area contributed by atoms with Crippen LogP contribution in [0.5, 0.6) is 0 Å². The van der Waals surface area contributed by atoms with E-state index in [0.717, 1.165) is 25.9 Å². The number of carbonyl (C=O) groups excluding carboxylic acids is 1. The second kappa shape index (κ2) is 5.20. The van der Waals surface area contributed by atoms with Crippen molar-refractivity contribution in [1.82, 2.24) is 15.5 Å². The van der Waals surface area contributed by atoms with Gasteiger partial charge in [0, 0.05) is 30.5 Å². The van der Waals surface area contributed by atoms with Crippen LogP contribution in [0.1, 0.15) is 57.8 Å². The van der Waals surface area contributed by atoms with Crippen LogP contribution in [0, 0.1) is 16.7 Å². The van der Waals surface area contributed by atoms with Crippen molar-refractivity contribution < 1.29 is 9.21 Å². The number of amides is 1. The van der Waals surface area contributed by atoms with Gasteiger partial charge in [0.2, 0.25) is 12.3 Å². The standard InChI is InChI=1S/C18H26N4O2/c23-15(13-3-1-5-17(13)8-9-17)20-14-4-10-22(16-21-19-12-24-16)11-18(14)6-2-7-18/h12-14H,1-11H2,(H,20,23). The molecule has 2 unspecified atom stereocenters. The molecule has 130 valence electrons. The first kappa shape index (κ1) is 14.7. The molecule has 4 aliphatic rings. The number of nitrogens with one attached hydrogen (secondary N) is 1. The Labute approximate surface area is 142 Å². The highest BCUT2D eigenvalue weighted by Crippen LogP contribution is 2.61. The van der Waals surface area contributed by atoms with Gasteiger partial charge in [-0.25, -0.2) is 0 Å². The van der Waals surface area contributed by atoms with E-state index in [1.54, 1.807) is 0 Å². The van der Waals surface area contributed by atoms with Gasteiger partial charge in [-0.3, -0.25) is 4.79 Å². The van der Waals surface area contributed by atoms with E-state index in [1.807, 2.05) is 0 Å². The topological polar surface area (TPSA) is 71.3 Å². The second-order valence-corrected chi connectivity index (χ2v) is 8.52. The van der Waals surface area contributed by atoms with Crippen LogP contribution < -0.4 is 10.2 Å². The summed E-state index contributed by atoms with van der Waals surface area (Å²) in [5, 5.41) is 11.3. The van der Waals surface area contributed by atoms with Crippen LogP contribution >= 0.6 is 0 Å². The van der Waals surface area contributed by atoms with E-state index in [4.69, 9.17) is 4.42 Å². The van der Waals surface area contributed by atoms with E-state index in [0.29, 0.717) is 23.4 Å². The normalized spacial score (nSPS) is 32.8. The third-order valence-electron chi connectivity index (χ3n) is 7.33. The summed E-state index contributed by atoms with van der Waals surface area (Å²) in [6.07, 6.45) is 12.2. The molecule has 6 nitrogen and oxygen atoms in total. The molecular formula is C18H26N4O2. The minimum atomic E-state index is 0.206. The zero-order valence-electron chi connectivity index (χ0n) is 14.2. The van der Waals surface area contributed by atoms with Crippen LogP contribution in [-0.4, -0.2) is 35.2 Å². The van der Waals surface area contributed by atoms with Crippen LogP contribution in [0.2, 0.25) is 0 Å². The molecule has 2 atom stereocenters. The van der Waals surface area contributed by atoms with Crippen molar-refractivity contribution in [3.05, 3.63) is 6.39 Å². The van der Waals surface area contributed by atoms with Crippen LogP contribution in [0.3, 0.4) is 0 Å². The molecule has 1 aromatic rings. The van der Waals surface area contributed by atoms with E-state index in [9.17, 15) is 4.79 Å². The molecular weight excluding hydrogens is 304 g/mol. The molecule has 0 radical (unpaired) electrons. The van der Waals surface area contributed by atoms with Crippen LogP contribution in [-0.2, 0) is 4.79 Å². The van der Waals surface area contributed by atoms with Crippen molar-refractivity contribution in [3.8, 4) is 0 Å². The van der Waals surface area contributed by atoms with Crippen molar-refractivity contribution in [2.24, 2.45) is 16.7 Å². The molecule has 2 heterocycles. The van der Waals surface area contributed by atoms with E-state index >= 15 is 0 Å². The van der Waals surface area contributed by atoms with Gasteiger partial charge in [-0.15, -0.1) is 5.10 Å². The van der Waals surface area contributed by atoms with Gasteiger partial charge in [-0.2, -0.15) is 0 Å². The van der Waals surface area contributed by atoms with Gasteiger partial charge < -0.3 is 14.6 Å². The highest BCUT2D eigenvalue weighted by molar-refractivity contribution is 5.80. The number of nitrogens with zero attached hydrogens (tertiary/aromatic N) is 3. The average Bonchev–Trinajstić information content (AvgIpc) is 2.98. The average molecular weight is 330 g/mol. The maximum Gasteiger partial charge on any atom is 0.317 e. The molecule has 6 heteroatoms. The van der Waals surface area contributed by atoms with E-state index in [1.165, 1.54) is 51.3 Å². The number of piperidine rings is 1. The molecule has 1 N–H and O–H groups in total. The summed E-state index contributed by atoms with van der Waals surface area (Å²) in [7, 11) is 0. The smallest absolute Gasteiger partial charge is 0.317 e. The Balaban J connectivity index is 1.29. The minimum Gasteiger partial charge on any atom is -0.411 e. The highest BCUT2D eigenvalue weighted by Gasteiger charge is 2.56. The van der Waals surface area contributed by atoms with Crippen molar-refractivity contribution in [2.75, 3.05) is 18.0 Å². The summed E-state index contributed by atoms with van der Waals surface area (Å²) in [6.45, 7) is 1.81. The lowest BCUT2D eigenvalue weighted by Crippen LogP contribution is -2.61. The Hall–Kier alpha value is -1.59. The Morgan fingerprint density at radius 3 is 2.67 bits per heavy atom. The minimum absolute atomic E-state index is 0.206. The van der Waals surface area contributed by atoms with Crippen LogP contribution in [0.15, 0.2) is 10.8 Å². The monoisotopic (exact) mass is 330 g/mol. The summed E-state index contributed by atoms with van der Waals surface area (Å²) >= 11 is 0. The van der Waals surface area contributed by atoms with Crippen LogP contribution in [0.25, 0.3) is 0 Å². The highest BCUT2D eigenvalue weighted by atomic mass is 16.4. The summed E-state index contributed by atoms with van der Waals surface area (Å²) < 4.78 is 5.38. The zero-order valence-corrected chi connectivity index (χ0v) is 14.2. The Bertz CT molecular complexity index is 621. The SMILES string of the molecule is O=C(NC1CCN(c2nnco2)CC12CCC2)C1CCCC12CC2. The Morgan fingerprint density at radius 1 is 1.17 bits per heavy atom. The number of hydrogen-bond donors (Lipinski definition) is 1. The van der Waals surface area contributed by atoms with Crippen molar-refractivity contribution in [1.29, 1.82) is 0 Å². The third kappa shape index (κ3) is 2.18. The summed E-state index contributed by atoms with van der Waals surface area (Å²) in [6, 6.07) is 0.938. The maximum atomic E-state index is 12.9. The first-order valence-electron chi connectivity index (χ1n) is 9.52. The lowest BCUT2D eigenvalue weighted by atomic mass is 9.61. The maximum absolute atomic E-state index is 12.9. The molecule has 0 bridgehead atoms. The van der Waals surface area contributed by atoms with Gasteiger partial charge >= 0.3 is 6.01 Å². The lowest BCUT2D eigenvalue weighted by Gasteiger charge is -2.53. The first-order chi connectivity index (χ1) is 11.7. The van der Waals surface area contributed by atoms with E-state index in [-0.39, 0.29) is 11.3 Å². The largest absolute Gasteiger partial charge is 0.411 e. The summed E-state index contributed by atoms with van der Waals surface area (Å²) in [5.41, 5.74) is 0.596. The second-order valence-electron chi connectivity index (χ2n) is 8.52. The fourth-order valence-electron chi connectivity index (χ4n) is 5.57. The zero-order chi connectivity index (χ0) is 16.2. The van der Waals surface area contributed by atoms with Gasteiger partial charge in [-0.05, 0) is 50.4 Å². The predicted octanol–water partition coefficient (Wildman–Crippen LogP) is 2.52. The van der Waals surface area contributed by atoms with Gasteiger partial charge in [0.25, 0.3) is 0 Å². The fraction of sp³-hybridized carbons (Fsp3) is 0.833. The van der Waals surface area contributed by atoms with Gasteiger partial charge in [-0.1, -0.05) is 17.9 Å². The molecule has 24 heavy (non-hydrogen) atoms. The number of carbonyl (C=O) groups is 1. The molecule has 1 aromatic heterocycles. The quantitative estimate of drug-likeness (QED) is 0.922. The molecule has 0 aromatic carbocycles. The number of aromatic nitrogens is 2. The van der Waals surface area contributed by atoms with Crippen molar-refractivity contribution in [3.63, 3.8) is 0 Å². The van der Waals surface area contributed by atoms with Gasteiger partial charge in [0.1, 0.15) is 0 Å². The first-order valence-corrected chi connectivity index (χ1v) is 9.52. The number of hydrogen-bond acceptors (Lipinski definition) is 5. The molecule has 1 saturated heterocycles. The van der Waals surface area contributed by atoms with Gasteiger partial charge in [0.05, 0.1) is 0 Å². The molecule has 1 aliphatic heterocycles. The molecule has 3 aliphatic carbocycles. The number of anilines is 1. The summed E-state index contributed by atoms with van der Waals surface area (Å²) in [4.78, 5) is 15.1. The molecule has 5 rings (SSSR count). The molecule has 1 amide bonds. The van der Waals surface area contributed by atoms with Crippen molar-refractivity contribution in [2.45, 2.75) is 63.8 Å². The molecule has 3 saturated carbocycles. The van der Waals surface area contributed by atoms with E-state index < -0.39 is 0 Å². The fourth-order valence-corrected chi connectivity index (χ4v) is 5.57. The molecule has 2 spiro atoms. The molecule has 4 fully saturated rings. The summed E-state index contributed by atoms with van der Waals surface area (Å²) in [5.74, 6) is 0.621. The van der Waals surface area contributed by atoms with E-state index in [2.05, 4.69) is 20.4 Å². The number of rotatable bonds is 3. The van der Waals surface area contributed by atoms with Crippen LogP contribution in [0.4, 0.5) is 6.01 Å². The Morgan fingerprint density at radius 2 is 2.00 bits per heavy atom. The third-order valence-corrected chi connectivity index (χ3v) is 7.33. The van der Waals surface area contributed by atoms with Gasteiger partial charge in [0.15, 0.2) is 0 Å². The van der Waals surface area contributed by atoms with Crippen molar-refractivity contribution >= 4 is 11.9 Å². The lowest BCUT2D eigenvalue weighted by molar-refractivity contribution is -0.129.